The average molecular weight is 500 g/mol. The fourth-order valence-electron chi connectivity index (χ4n) is 6.26. The van der Waals surface area contributed by atoms with Crippen molar-refractivity contribution in [1.82, 2.24) is 4.98 Å². The smallest absolute Gasteiger partial charge is 0.293 e. The van der Waals surface area contributed by atoms with E-state index < -0.39 is 43.6 Å². The number of aromatic nitrogens is 1. The van der Waals surface area contributed by atoms with Crippen molar-refractivity contribution in [3.05, 3.63) is 66.5 Å². The van der Waals surface area contributed by atoms with Gasteiger partial charge >= 0.3 is 0 Å². The van der Waals surface area contributed by atoms with Crippen molar-refractivity contribution in [2.45, 2.75) is 58.2 Å². The molecule has 2 aliphatic rings. The minimum Gasteiger partial charge on any atom is -0.375 e. The summed E-state index contributed by atoms with van der Waals surface area (Å²) in [7, 11) is 0. The Hall–Kier alpha value is -3.44. The molecule has 4 unspecified atom stereocenters. The summed E-state index contributed by atoms with van der Waals surface area (Å²) >= 11 is 0. The number of nitrogens with zero attached hydrogens (tertiary/aromatic N) is 2. The Morgan fingerprint density at radius 2 is 1.75 bits per heavy atom. The third-order valence-electron chi connectivity index (χ3n) is 8.00. The SMILES string of the molecule is CCOC1CC2C(C)(C)C2(c2cc([N+](=O)[O-])c(-c3cccc([N+](=O)[O-])c3)[nH]c2=O)C(=O)C1(C)OCC. The lowest BCUT2D eigenvalue weighted by atomic mass is 9.71. The average Bonchev–Trinajstić information content (AvgIpc) is 3.32. The largest absolute Gasteiger partial charge is 0.375 e. The van der Waals surface area contributed by atoms with Crippen LogP contribution >= 0.6 is 0 Å². The number of hydrogen-bond donors (Lipinski definition) is 1. The molecule has 11 heteroatoms. The molecule has 0 bridgehead atoms. The number of benzene rings is 1. The summed E-state index contributed by atoms with van der Waals surface area (Å²) < 4.78 is 11.8. The van der Waals surface area contributed by atoms with Crippen molar-refractivity contribution in [3.63, 3.8) is 0 Å². The van der Waals surface area contributed by atoms with Gasteiger partial charge in [0, 0.05) is 42.5 Å². The highest BCUT2D eigenvalue weighted by Crippen LogP contribution is 2.74. The first kappa shape index (κ1) is 25.6. The van der Waals surface area contributed by atoms with Gasteiger partial charge in [0.1, 0.15) is 5.69 Å². The molecule has 0 saturated heterocycles. The first-order chi connectivity index (χ1) is 16.9. The zero-order valence-corrected chi connectivity index (χ0v) is 20.8. The number of nitro benzene ring substituents is 1. The maximum atomic E-state index is 14.2. The van der Waals surface area contributed by atoms with Gasteiger partial charge < -0.3 is 14.5 Å². The molecule has 2 saturated carbocycles. The monoisotopic (exact) mass is 499 g/mol. The molecule has 0 aliphatic heterocycles. The van der Waals surface area contributed by atoms with Crippen molar-refractivity contribution in [2.24, 2.45) is 11.3 Å². The quantitative estimate of drug-likeness (QED) is 0.423. The zero-order chi connectivity index (χ0) is 26.6. The summed E-state index contributed by atoms with van der Waals surface area (Å²) in [5.41, 5.74) is -4.73. The van der Waals surface area contributed by atoms with Crippen LogP contribution in [0.1, 0.15) is 46.6 Å². The first-order valence-corrected chi connectivity index (χ1v) is 11.8. The highest BCUT2D eigenvalue weighted by molar-refractivity contribution is 6.03. The first-order valence-electron chi connectivity index (χ1n) is 11.8. The van der Waals surface area contributed by atoms with Gasteiger partial charge in [-0.1, -0.05) is 26.0 Å². The normalized spacial score (nSPS) is 28.4. The van der Waals surface area contributed by atoms with Crippen LogP contribution in [0.5, 0.6) is 0 Å². The predicted octanol–water partition coefficient (Wildman–Crippen LogP) is 3.93. The van der Waals surface area contributed by atoms with Crippen LogP contribution in [0.3, 0.4) is 0 Å². The van der Waals surface area contributed by atoms with Gasteiger partial charge in [0.05, 0.1) is 21.4 Å². The Kier molecular flexibility index (Phi) is 6.12. The molecular formula is C25H29N3O8. The number of nitro groups is 2. The van der Waals surface area contributed by atoms with Crippen LogP contribution in [-0.2, 0) is 19.7 Å². The van der Waals surface area contributed by atoms with E-state index in [1.807, 2.05) is 20.8 Å². The molecule has 4 rings (SSSR count). The molecular weight excluding hydrogens is 470 g/mol. The Bertz CT molecular complexity index is 1320. The lowest BCUT2D eigenvalue weighted by molar-refractivity contribution is -0.385. The summed E-state index contributed by atoms with van der Waals surface area (Å²) in [4.78, 5) is 52.3. The molecule has 192 valence electrons. The van der Waals surface area contributed by atoms with Crippen LogP contribution in [0.15, 0.2) is 35.1 Å². The van der Waals surface area contributed by atoms with Gasteiger partial charge in [-0.3, -0.25) is 29.8 Å². The maximum absolute atomic E-state index is 14.2. The van der Waals surface area contributed by atoms with Gasteiger partial charge in [-0.15, -0.1) is 0 Å². The van der Waals surface area contributed by atoms with Crippen molar-refractivity contribution in [1.29, 1.82) is 0 Å². The second-order valence-electron chi connectivity index (χ2n) is 9.97. The van der Waals surface area contributed by atoms with Gasteiger partial charge in [-0.05, 0) is 38.5 Å². The molecule has 4 atom stereocenters. The maximum Gasteiger partial charge on any atom is 0.293 e. The number of non-ortho nitro benzene ring substituents is 1. The molecule has 1 N–H and O–H groups in total. The van der Waals surface area contributed by atoms with E-state index in [1.165, 1.54) is 18.2 Å². The number of aromatic amines is 1. The van der Waals surface area contributed by atoms with E-state index in [9.17, 15) is 29.8 Å². The molecule has 1 aromatic carbocycles. The van der Waals surface area contributed by atoms with Crippen LogP contribution in [0.4, 0.5) is 11.4 Å². The van der Waals surface area contributed by atoms with Crippen molar-refractivity contribution in [3.8, 4) is 11.3 Å². The third kappa shape index (κ3) is 3.40. The van der Waals surface area contributed by atoms with Crippen molar-refractivity contribution in [2.75, 3.05) is 13.2 Å². The molecule has 36 heavy (non-hydrogen) atoms. The molecule has 1 heterocycles. The van der Waals surface area contributed by atoms with E-state index in [2.05, 4.69) is 4.98 Å². The molecule has 2 aromatic rings. The number of Topliss-reactive ketones (excluding diaryl/α,β-unsaturated/α-hetero) is 1. The lowest BCUT2D eigenvalue weighted by Crippen LogP contribution is -2.59. The molecule has 0 amide bonds. The number of pyridine rings is 1. The van der Waals surface area contributed by atoms with E-state index in [0.717, 1.165) is 12.1 Å². The number of ketones is 1. The third-order valence-corrected chi connectivity index (χ3v) is 8.00. The van der Waals surface area contributed by atoms with E-state index in [1.54, 1.807) is 13.8 Å². The topological polar surface area (TPSA) is 155 Å². The van der Waals surface area contributed by atoms with Gasteiger partial charge in [0.15, 0.2) is 11.4 Å². The second kappa shape index (κ2) is 8.59. The molecule has 2 aliphatic carbocycles. The Morgan fingerprint density at radius 1 is 1.06 bits per heavy atom. The van der Waals surface area contributed by atoms with Gasteiger partial charge in [-0.2, -0.15) is 0 Å². The van der Waals surface area contributed by atoms with Crippen LogP contribution in [0, 0.1) is 31.6 Å². The molecule has 11 nitrogen and oxygen atoms in total. The van der Waals surface area contributed by atoms with Gasteiger partial charge in [0.25, 0.3) is 16.9 Å². The summed E-state index contributed by atoms with van der Waals surface area (Å²) in [5, 5.41) is 23.3. The number of carbonyl (C=O) groups is 1. The highest BCUT2D eigenvalue weighted by Gasteiger charge is 2.82. The number of nitrogens with one attached hydrogen (secondary N) is 1. The minimum atomic E-state index is -1.34. The Balaban J connectivity index is 1.93. The molecule has 1 aromatic heterocycles. The summed E-state index contributed by atoms with van der Waals surface area (Å²) in [6.07, 6.45) is -0.0729. The van der Waals surface area contributed by atoms with E-state index in [-0.39, 0.29) is 40.8 Å². The highest BCUT2D eigenvalue weighted by atomic mass is 16.6. The number of fused-ring (bicyclic) bond motifs is 1. The molecule has 0 spiro atoms. The lowest BCUT2D eigenvalue weighted by Gasteiger charge is -2.42. The Morgan fingerprint density at radius 3 is 2.33 bits per heavy atom. The zero-order valence-electron chi connectivity index (χ0n) is 20.8. The molecule has 0 radical (unpaired) electrons. The fraction of sp³-hybridized carbons (Fsp3) is 0.520. The summed E-state index contributed by atoms with van der Waals surface area (Å²) in [6.45, 7) is 9.62. The van der Waals surface area contributed by atoms with Gasteiger partial charge in [0.2, 0.25) is 0 Å². The number of carbonyl (C=O) groups excluding carboxylic acids is 1. The molecule has 2 fully saturated rings. The van der Waals surface area contributed by atoms with Crippen LogP contribution < -0.4 is 5.56 Å². The second-order valence-corrected chi connectivity index (χ2v) is 9.97. The predicted molar refractivity (Wildman–Crippen MR) is 130 cm³/mol. The van der Waals surface area contributed by atoms with E-state index in [4.69, 9.17) is 9.47 Å². The van der Waals surface area contributed by atoms with E-state index in [0.29, 0.717) is 13.0 Å². The summed E-state index contributed by atoms with van der Waals surface area (Å²) in [6, 6.07) is 6.39. The van der Waals surface area contributed by atoms with Crippen LogP contribution in [0.2, 0.25) is 0 Å². The van der Waals surface area contributed by atoms with Gasteiger partial charge in [-0.25, -0.2) is 0 Å². The number of ether oxygens (including phenoxy) is 2. The standard InChI is InChI=1S/C25H29N3O8/c1-6-35-19-13-18-23(3,4)25(18,22(30)24(19,5)36-7-2)16-12-17(28(33)34)20(26-21(16)29)14-9-8-10-15(11-14)27(31)32/h8-12,18-19H,6-7,13H2,1-5H3,(H,26,29). The Labute approximate surface area is 207 Å². The van der Waals surface area contributed by atoms with Crippen molar-refractivity contribution >= 4 is 17.2 Å². The summed E-state index contributed by atoms with van der Waals surface area (Å²) in [5.74, 6) is -0.619. The van der Waals surface area contributed by atoms with Crippen LogP contribution in [-0.4, -0.2) is 45.5 Å². The van der Waals surface area contributed by atoms with Crippen molar-refractivity contribution < 1.29 is 24.1 Å². The van der Waals surface area contributed by atoms with Crippen LogP contribution in [0.25, 0.3) is 11.3 Å². The number of H-pyrrole nitrogens is 1. The number of hydrogen-bond acceptors (Lipinski definition) is 8. The van der Waals surface area contributed by atoms with E-state index >= 15 is 0 Å². The number of rotatable bonds is 8. The fourth-order valence-corrected chi connectivity index (χ4v) is 6.26. The minimum absolute atomic E-state index is 0.00394.